The summed E-state index contributed by atoms with van der Waals surface area (Å²) in [5.74, 6) is -0.857. The fourth-order valence-corrected chi connectivity index (χ4v) is 2.74. The van der Waals surface area contributed by atoms with E-state index in [1.807, 2.05) is 42.6 Å². The van der Waals surface area contributed by atoms with Crippen molar-refractivity contribution >= 4 is 28.5 Å². The molecule has 3 aromatic rings. The Morgan fingerprint density at radius 1 is 1.17 bits per heavy atom. The molecule has 0 spiro atoms. The minimum absolute atomic E-state index is 0.424. The van der Waals surface area contributed by atoms with Gasteiger partial charge < -0.3 is 15.4 Å². The van der Waals surface area contributed by atoms with Gasteiger partial charge in [0.15, 0.2) is 0 Å². The van der Waals surface area contributed by atoms with Gasteiger partial charge in [-0.2, -0.15) is 0 Å². The Labute approximate surface area is 139 Å². The zero-order valence-corrected chi connectivity index (χ0v) is 13.2. The first kappa shape index (κ1) is 15.6. The lowest BCUT2D eigenvalue weighted by molar-refractivity contribution is -0.139. The number of aliphatic carboxylic acids is 1. The number of hydrogen-bond donors (Lipinski definition) is 3. The van der Waals surface area contributed by atoms with Crippen molar-refractivity contribution in [3.05, 3.63) is 70.9 Å². The quantitative estimate of drug-likeness (QED) is 0.647. The molecule has 5 heteroatoms. The number of rotatable bonds is 6. The summed E-state index contributed by atoms with van der Waals surface area (Å²) >= 11 is 5.86. The second kappa shape index (κ2) is 6.86. The maximum Gasteiger partial charge on any atom is 0.321 e. The van der Waals surface area contributed by atoms with Crippen LogP contribution in [0.25, 0.3) is 10.9 Å². The van der Waals surface area contributed by atoms with Gasteiger partial charge in [0.25, 0.3) is 0 Å². The average Bonchev–Trinajstić information content (AvgIpc) is 2.96. The molecule has 118 valence electrons. The molecule has 1 heterocycles. The van der Waals surface area contributed by atoms with Gasteiger partial charge in [0, 0.05) is 35.1 Å². The van der Waals surface area contributed by atoms with Crippen LogP contribution in [0.5, 0.6) is 0 Å². The molecule has 0 bridgehead atoms. The zero-order chi connectivity index (χ0) is 16.2. The number of carboxylic acid groups (broad SMARTS) is 1. The molecule has 3 N–H and O–H groups in total. The number of para-hydroxylation sites is 1. The number of nitrogens with one attached hydrogen (secondary N) is 2. The molecule has 1 unspecified atom stereocenters. The summed E-state index contributed by atoms with van der Waals surface area (Å²) in [6.07, 6.45) is 2.30. The number of halogens is 1. The van der Waals surface area contributed by atoms with Crippen molar-refractivity contribution in [3.63, 3.8) is 0 Å². The van der Waals surface area contributed by atoms with E-state index in [0.717, 1.165) is 22.0 Å². The third-order valence-corrected chi connectivity index (χ3v) is 4.11. The summed E-state index contributed by atoms with van der Waals surface area (Å²) in [7, 11) is 0. The van der Waals surface area contributed by atoms with Gasteiger partial charge in [0.2, 0.25) is 0 Å². The van der Waals surface area contributed by atoms with Crippen LogP contribution in [0, 0.1) is 0 Å². The van der Waals surface area contributed by atoms with Crippen LogP contribution in [-0.4, -0.2) is 22.1 Å². The van der Waals surface area contributed by atoms with Crippen molar-refractivity contribution in [1.82, 2.24) is 10.3 Å². The predicted octanol–water partition coefficient (Wildman–Crippen LogP) is 3.61. The van der Waals surface area contributed by atoms with E-state index in [2.05, 4.69) is 10.3 Å². The monoisotopic (exact) mass is 328 g/mol. The molecule has 0 saturated heterocycles. The van der Waals surface area contributed by atoms with Gasteiger partial charge in [0.05, 0.1) is 0 Å². The Balaban J connectivity index is 1.71. The first-order chi connectivity index (χ1) is 11.1. The lowest BCUT2D eigenvalue weighted by atomic mass is 10.0. The molecule has 3 rings (SSSR count). The van der Waals surface area contributed by atoms with Crippen molar-refractivity contribution < 1.29 is 9.90 Å². The molecule has 23 heavy (non-hydrogen) atoms. The summed E-state index contributed by atoms with van der Waals surface area (Å²) in [5, 5.41) is 14.3. The lowest BCUT2D eigenvalue weighted by Gasteiger charge is -2.14. The minimum Gasteiger partial charge on any atom is -0.480 e. The van der Waals surface area contributed by atoms with Crippen LogP contribution in [0.1, 0.15) is 11.1 Å². The first-order valence-electron chi connectivity index (χ1n) is 7.39. The molecule has 1 aromatic heterocycles. The number of H-pyrrole nitrogens is 1. The Bertz CT molecular complexity index is 811. The van der Waals surface area contributed by atoms with Crippen molar-refractivity contribution in [2.45, 2.75) is 19.0 Å². The van der Waals surface area contributed by atoms with E-state index in [0.29, 0.717) is 18.0 Å². The van der Waals surface area contributed by atoms with Gasteiger partial charge >= 0.3 is 5.97 Å². The number of hydrogen-bond acceptors (Lipinski definition) is 2. The molecule has 4 nitrogen and oxygen atoms in total. The highest BCUT2D eigenvalue weighted by molar-refractivity contribution is 6.30. The van der Waals surface area contributed by atoms with Gasteiger partial charge in [-0.15, -0.1) is 0 Å². The summed E-state index contributed by atoms with van der Waals surface area (Å²) in [6.45, 7) is 0.483. The van der Waals surface area contributed by atoms with Crippen LogP contribution in [-0.2, 0) is 17.8 Å². The molecule has 0 amide bonds. The highest BCUT2D eigenvalue weighted by Crippen LogP contribution is 2.19. The van der Waals surface area contributed by atoms with E-state index >= 15 is 0 Å². The van der Waals surface area contributed by atoms with Crippen LogP contribution in [0.4, 0.5) is 0 Å². The maximum absolute atomic E-state index is 11.5. The van der Waals surface area contributed by atoms with Crippen LogP contribution in [0.3, 0.4) is 0 Å². The van der Waals surface area contributed by atoms with Crippen molar-refractivity contribution in [2.75, 3.05) is 0 Å². The largest absolute Gasteiger partial charge is 0.480 e. The molecule has 0 aliphatic carbocycles. The van der Waals surface area contributed by atoms with Crippen molar-refractivity contribution in [2.24, 2.45) is 0 Å². The van der Waals surface area contributed by atoms with Crippen molar-refractivity contribution in [3.8, 4) is 0 Å². The fourth-order valence-electron chi connectivity index (χ4n) is 2.61. The maximum atomic E-state index is 11.5. The summed E-state index contributed by atoms with van der Waals surface area (Å²) in [5.41, 5.74) is 3.01. The van der Waals surface area contributed by atoms with Crippen LogP contribution in [0.15, 0.2) is 54.7 Å². The van der Waals surface area contributed by atoms with Gasteiger partial charge in [-0.05, 0) is 29.3 Å². The molecule has 1 atom stereocenters. The third kappa shape index (κ3) is 3.73. The molecular weight excluding hydrogens is 312 g/mol. The van der Waals surface area contributed by atoms with Crippen molar-refractivity contribution in [1.29, 1.82) is 0 Å². The third-order valence-electron chi connectivity index (χ3n) is 3.86. The van der Waals surface area contributed by atoms with Crippen LogP contribution >= 0.6 is 11.6 Å². The number of aromatic nitrogens is 1. The van der Waals surface area contributed by atoms with E-state index in [4.69, 9.17) is 11.6 Å². The summed E-state index contributed by atoms with van der Waals surface area (Å²) < 4.78 is 0. The second-order valence-electron chi connectivity index (χ2n) is 5.46. The first-order valence-corrected chi connectivity index (χ1v) is 7.77. The smallest absolute Gasteiger partial charge is 0.321 e. The standard InChI is InChI=1S/C18H17ClN2O2/c19-14-7-5-12(6-8-14)10-20-17(18(22)23)9-13-11-21-16-4-2-1-3-15(13)16/h1-8,11,17,20-21H,9-10H2,(H,22,23). The van der Waals surface area contributed by atoms with E-state index in [1.165, 1.54) is 0 Å². The molecule has 0 fully saturated rings. The van der Waals surface area contributed by atoms with E-state index < -0.39 is 12.0 Å². The molecular formula is C18H17ClN2O2. The topological polar surface area (TPSA) is 65.1 Å². The van der Waals surface area contributed by atoms with Gasteiger partial charge in [0.1, 0.15) is 6.04 Å². The Morgan fingerprint density at radius 2 is 1.91 bits per heavy atom. The minimum atomic E-state index is -0.857. The Morgan fingerprint density at radius 3 is 2.65 bits per heavy atom. The molecule has 0 aliphatic rings. The fraction of sp³-hybridized carbons (Fsp3) is 0.167. The Kier molecular flexibility index (Phi) is 4.65. The number of fused-ring (bicyclic) bond motifs is 1. The number of benzene rings is 2. The van der Waals surface area contributed by atoms with E-state index in [1.54, 1.807) is 12.1 Å². The molecule has 0 saturated carbocycles. The SMILES string of the molecule is O=C(O)C(Cc1c[nH]c2ccccc12)NCc1ccc(Cl)cc1. The van der Waals surface area contributed by atoms with E-state index in [9.17, 15) is 9.90 Å². The zero-order valence-electron chi connectivity index (χ0n) is 12.4. The highest BCUT2D eigenvalue weighted by Gasteiger charge is 2.19. The Hall–Kier alpha value is -2.30. The lowest BCUT2D eigenvalue weighted by Crippen LogP contribution is -2.38. The average molecular weight is 329 g/mol. The van der Waals surface area contributed by atoms with Crippen LogP contribution in [0.2, 0.25) is 5.02 Å². The second-order valence-corrected chi connectivity index (χ2v) is 5.90. The molecule has 0 radical (unpaired) electrons. The predicted molar refractivity (Wildman–Crippen MR) is 91.7 cm³/mol. The number of carboxylic acids is 1. The number of carbonyl (C=O) groups is 1. The highest BCUT2D eigenvalue weighted by atomic mass is 35.5. The van der Waals surface area contributed by atoms with Gasteiger partial charge in [-0.3, -0.25) is 4.79 Å². The van der Waals surface area contributed by atoms with E-state index in [-0.39, 0.29) is 0 Å². The summed E-state index contributed by atoms with van der Waals surface area (Å²) in [4.78, 5) is 14.7. The summed E-state index contributed by atoms with van der Waals surface area (Å²) in [6, 6.07) is 14.6. The normalized spacial score (nSPS) is 12.4. The molecule has 2 aromatic carbocycles. The van der Waals surface area contributed by atoms with Gasteiger partial charge in [-0.25, -0.2) is 0 Å². The molecule has 0 aliphatic heterocycles. The number of aromatic amines is 1. The van der Waals surface area contributed by atoms with Crippen LogP contribution < -0.4 is 5.32 Å². The van der Waals surface area contributed by atoms with Gasteiger partial charge in [-0.1, -0.05) is 41.9 Å².